The molecule has 0 bridgehead atoms. The van der Waals surface area contributed by atoms with Crippen LogP contribution in [0.15, 0.2) is 12.1 Å². The van der Waals surface area contributed by atoms with Crippen LogP contribution in [0.3, 0.4) is 0 Å². The van der Waals surface area contributed by atoms with E-state index in [0.717, 1.165) is 11.3 Å². The molecule has 1 aromatic carbocycles. The first-order chi connectivity index (χ1) is 11.8. The van der Waals surface area contributed by atoms with Crippen LogP contribution in [0.4, 0.5) is 10.2 Å². The molecule has 3 aromatic rings. The molecule has 0 aliphatic rings. The average molecular weight is 338 g/mol. The van der Waals surface area contributed by atoms with E-state index in [9.17, 15) is 9.65 Å². The molecule has 128 valence electrons. The maximum absolute atomic E-state index is 14.2. The van der Waals surface area contributed by atoms with Gasteiger partial charge in [-0.15, -0.1) is 0 Å². The van der Waals surface area contributed by atoms with Gasteiger partial charge in [-0.05, 0) is 51.0 Å². The minimum absolute atomic E-state index is 0.157. The first kappa shape index (κ1) is 16.8. The lowest BCUT2D eigenvalue weighted by Crippen LogP contribution is -2.08. The third-order valence-corrected chi connectivity index (χ3v) is 4.59. The van der Waals surface area contributed by atoms with Crippen LogP contribution in [0.2, 0.25) is 0 Å². The molecule has 25 heavy (non-hydrogen) atoms. The third kappa shape index (κ3) is 2.31. The Morgan fingerprint density at radius 2 is 1.88 bits per heavy atom. The Bertz CT molecular complexity index is 1060. The summed E-state index contributed by atoms with van der Waals surface area (Å²) < 4.78 is 21.1. The second-order valence-corrected chi connectivity index (χ2v) is 6.15. The zero-order valence-corrected chi connectivity index (χ0v) is 14.9. The van der Waals surface area contributed by atoms with E-state index in [2.05, 4.69) is 11.1 Å². The Morgan fingerprint density at radius 3 is 2.48 bits per heavy atom. The largest absolute Gasteiger partial charge is 0.493 e. The number of nitrogen functional groups attached to an aromatic ring is 1. The highest BCUT2D eigenvalue weighted by molar-refractivity contribution is 5.92. The number of hydrogen-bond acceptors (Lipinski definition) is 4. The van der Waals surface area contributed by atoms with Gasteiger partial charge in [0.05, 0.1) is 12.8 Å². The molecule has 0 fully saturated rings. The van der Waals surface area contributed by atoms with Crippen LogP contribution in [0, 0.1) is 44.8 Å². The molecule has 0 radical (unpaired) electrons. The quantitative estimate of drug-likeness (QED) is 0.770. The van der Waals surface area contributed by atoms with E-state index in [-0.39, 0.29) is 11.6 Å². The summed E-state index contributed by atoms with van der Waals surface area (Å²) in [5, 5.41) is 10.2. The van der Waals surface area contributed by atoms with Gasteiger partial charge in [0.25, 0.3) is 0 Å². The highest BCUT2D eigenvalue weighted by Gasteiger charge is 2.23. The standard InChI is InChI=1S/C19H19FN4O/c1-9-6-13-14(8-21)18(22)24(19(13)23-12(9)4)16-10(2)7-15(20)17(25-5)11(16)3/h6-7H,22H2,1-5H3. The molecule has 0 spiro atoms. The van der Waals surface area contributed by atoms with Crippen molar-refractivity contribution in [3.63, 3.8) is 0 Å². The predicted molar refractivity (Wildman–Crippen MR) is 95.7 cm³/mol. The van der Waals surface area contributed by atoms with E-state index in [0.29, 0.717) is 33.4 Å². The molecule has 2 aromatic heterocycles. The lowest BCUT2D eigenvalue weighted by Gasteiger charge is -2.17. The number of aryl methyl sites for hydroxylation is 3. The number of fused-ring (bicyclic) bond motifs is 1. The van der Waals surface area contributed by atoms with Crippen LogP contribution in [0.5, 0.6) is 5.75 Å². The van der Waals surface area contributed by atoms with Crippen molar-refractivity contribution < 1.29 is 9.13 Å². The number of aromatic nitrogens is 2. The minimum Gasteiger partial charge on any atom is -0.493 e. The van der Waals surface area contributed by atoms with Crippen LogP contribution in [0.1, 0.15) is 27.9 Å². The van der Waals surface area contributed by atoms with Crippen molar-refractivity contribution in [2.24, 2.45) is 0 Å². The van der Waals surface area contributed by atoms with Gasteiger partial charge >= 0.3 is 0 Å². The molecule has 2 N–H and O–H groups in total. The first-order valence-electron chi connectivity index (χ1n) is 7.84. The zero-order chi connectivity index (χ0) is 18.5. The maximum Gasteiger partial charge on any atom is 0.165 e. The smallest absolute Gasteiger partial charge is 0.165 e. The number of methoxy groups -OCH3 is 1. The van der Waals surface area contributed by atoms with Crippen LogP contribution in [0.25, 0.3) is 16.7 Å². The molecule has 0 amide bonds. The summed E-state index contributed by atoms with van der Waals surface area (Å²) >= 11 is 0. The fourth-order valence-electron chi connectivity index (χ4n) is 3.26. The highest BCUT2D eigenvalue weighted by Crippen LogP contribution is 2.37. The van der Waals surface area contributed by atoms with Crippen molar-refractivity contribution in [3.05, 3.63) is 45.9 Å². The summed E-state index contributed by atoms with van der Waals surface area (Å²) in [6.45, 7) is 7.40. The van der Waals surface area contributed by atoms with Gasteiger partial charge in [-0.2, -0.15) is 5.26 Å². The number of nitriles is 1. The number of anilines is 1. The monoisotopic (exact) mass is 338 g/mol. The van der Waals surface area contributed by atoms with Crippen molar-refractivity contribution in [2.75, 3.05) is 12.8 Å². The van der Waals surface area contributed by atoms with E-state index in [1.54, 1.807) is 18.4 Å². The Balaban J connectivity index is 2.52. The molecule has 2 heterocycles. The topological polar surface area (TPSA) is 76.9 Å². The Hall–Kier alpha value is -3.07. The summed E-state index contributed by atoms with van der Waals surface area (Å²) in [5.74, 6) is 0.0100. The summed E-state index contributed by atoms with van der Waals surface area (Å²) in [7, 11) is 1.42. The Labute approximate surface area is 145 Å². The van der Waals surface area contributed by atoms with Crippen molar-refractivity contribution in [1.29, 1.82) is 5.26 Å². The van der Waals surface area contributed by atoms with Crippen molar-refractivity contribution >= 4 is 16.9 Å². The van der Waals surface area contributed by atoms with Crippen molar-refractivity contribution in [3.8, 4) is 17.5 Å². The normalized spacial score (nSPS) is 10.9. The SMILES string of the molecule is COc1c(F)cc(C)c(-n2c(N)c(C#N)c3cc(C)c(C)nc32)c1C. The summed E-state index contributed by atoms with van der Waals surface area (Å²) in [5.41, 5.74) is 11.0. The van der Waals surface area contributed by atoms with Gasteiger partial charge < -0.3 is 10.5 Å². The van der Waals surface area contributed by atoms with Gasteiger partial charge in [0.15, 0.2) is 11.6 Å². The molecule has 0 saturated heterocycles. The van der Waals surface area contributed by atoms with E-state index in [1.807, 2.05) is 19.9 Å². The molecule has 0 aliphatic heterocycles. The number of hydrogen-bond donors (Lipinski definition) is 1. The number of ether oxygens (including phenoxy) is 1. The molecule has 0 saturated carbocycles. The number of halogens is 1. The summed E-state index contributed by atoms with van der Waals surface area (Å²) in [4.78, 5) is 4.64. The van der Waals surface area contributed by atoms with Gasteiger partial charge in [0, 0.05) is 16.6 Å². The van der Waals surface area contributed by atoms with Crippen molar-refractivity contribution in [1.82, 2.24) is 9.55 Å². The van der Waals surface area contributed by atoms with Gasteiger partial charge in [-0.3, -0.25) is 4.57 Å². The maximum atomic E-state index is 14.2. The average Bonchev–Trinajstić information content (AvgIpc) is 2.80. The van der Waals surface area contributed by atoms with E-state index in [4.69, 9.17) is 10.5 Å². The molecule has 0 atom stereocenters. The van der Waals surface area contributed by atoms with Crippen LogP contribution < -0.4 is 10.5 Å². The fourth-order valence-corrected chi connectivity index (χ4v) is 3.26. The fraction of sp³-hybridized carbons (Fsp3) is 0.263. The van der Waals surface area contributed by atoms with E-state index < -0.39 is 5.82 Å². The number of rotatable bonds is 2. The molecule has 5 nitrogen and oxygen atoms in total. The Kier molecular flexibility index (Phi) is 3.88. The molecular formula is C19H19FN4O. The summed E-state index contributed by atoms with van der Waals surface area (Å²) in [6, 6.07) is 5.48. The van der Waals surface area contributed by atoms with Crippen molar-refractivity contribution in [2.45, 2.75) is 27.7 Å². The minimum atomic E-state index is -0.434. The lowest BCUT2D eigenvalue weighted by molar-refractivity contribution is 0.383. The molecular weight excluding hydrogens is 319 g/mol. The van der Waals surface area contributed by atoms with Crippen LogP contribution >= 0.6 is 0 Å². The number of nitrogens with two attached hydrogens (primary N) is 1. The zero-order valence-electron chi connectivity index (χ0n) is 14.9. The van der Waals surface area contributed by atoms with Crippen LogP contribution in [-0.4, -0.2) is 16.7 Å². The van der Waals surface area contributed by atoms with E-state index in [1.165, 1.54) is 13.2 Å². The van der Waals surface area contributed by atoms with Gasteiger partial charge in [0.1, 0.15) is 23.1 Å². The van der Waals surface area contributed by atoms with E-state index >= 15 is 0 Å². The Morgan fingerprint density at radius 1 is 1.20 bits per heavy atom. The molecule has 0 aliphatic carbocycles. The highest BCUT2D eigenvalue weighted by atomic mass is 19.1. The lowest BCUT2D eigenvalue weighted by atomic mass is 10.1. The predicted octanol–water partition coefficient (Wildman–Crippen LogP) is 3.86. The van der Waals surface area contributed by atoms with Gasteiger partial charge in [0.2, 0.25) is 0 Å². The van der Waals surface area contributed by atoms with Crippen LogP contribution in [-0.2, 0) is 0 Å². The third-order valence-electron chi connectivity index (χ3n) is 4.59. The second kappa shape index (κ2) is 5.78. The van der Waals surface area contributed by atoms with Gasteiger partial charge in [-0.1, -0.05) is 0 Å². The van der Waals surface area contributed by atoms with Gasteiger partial charge in [-0.25, -0.2) is 9.37 Å². The number of benzene rings is 1. The number of pyridine rings is 1. The molecule has 3 rings (SSSR count). The number of nitrogens with zero attached hydrogens (tertiary/aromatic N) is 3. The molecule has 6 heteroatoms. The summed E-state index contributed by atoms with van der Waals surface area (Å²) in [6.07, 6.45) is 0. The second-order valence-electron chi connectivity index (χ2n) is 6.15. The molecule has 0 unspecified atom stereocenters. The first-order valence-corrected chi connectivity index (χ1v) is 7.84.